The molecule has 19 heavy (non-hydrogen) atoms. The highest BCUT2D eigenvalue weighted by molar-refractivity contribution is 5.89. The highest BCUT2D eigenvalue weighted by atomic mass is 16.5. The number of anilines is 1. The van der Waals surface area contributed by atoms with E-state index < -0.39 is 0 Å². The van der Waals surface area contributed by atoms with Gasteiger partial charge in [0, 0.05) is 11.9 Å². The molecule has 0 bridgehead atoms. The third-order valence-electron chi connectivity index (χ3n) is 3.25. The van der Waals surface area contributed by atoms with Gasteiger partial charge in [0.2, 0.25) is 0 Å². The molecule has 1 fully saturated rings. The predicted octanol–water partition coefficient (Wildman–Crippen LogP) is 3.66. The van der Waals surface area contributed by atoms with Crippen molar-refractivity contribution in [3.63, 3.8) is 0 Å². The van der Waals surface area contributed by atoms with Crippen molar-refractivity contribution in [1.82, 2.24) is 5.32 Å². The molecule has 1 aliphatic rings. The highest BCUT2D eigenvalue weighted by Gasteiger charge is 2.06. The molecule has 0 aromatic heterocycles. The highest BCUT2D eigenvalue weighted by Crippen LogP contribution is 2.21. The maximum absolute atomic E-state index is 11.7. The van der Waals surface area contributed by atoms with E-state index >= 15 is 0 Å². The molecule has 0 spiro atoms. The number of allylic oxidation sites excluding steroid dienone is 1. The van der Waals surface area contributed by atoms with Gasteiger partial charge in [-0.05, 0) is 49.9 Å². The van der Waals surface area contributed by atoms with Crippen LogP contribution in [0.1, 0.15) is 32.1 Å². The topological polar surface area (TPSA) is 50.4 Å². The van der Waals surface area contributed by atoms with E-state index in [1.54, 1.807) is 7.11 Å². The Morgan fingerprint density at radius 2 is 1.84 bits per heavy atom. The maximum Gasteiger partial charge on any atom is 0.323 e. The van der Waals surface area contributed by atoms with Gasteiger partial charge in [-0.3, -0.25) is 0 Å². The molecule has 0 aliphatic heterocycles. The van der Waals surface area contributed by atoms with Gasteiger partial charge < -0.3 is 15.4 Å². The molecule has 0 heterocycles. The minimum absolute atomic E-state index is 0.205. The lowest BCUT2D eigenvalue weighted by molar-refractivity contribution is 0.255. The van der Waals surface area contributed by atoms with Crippen LogP contribution >= 0.6 is 0 Å². The van der Waals surface area contributed by atoms with Gasteiger partial charge >= 0.3 is 6.03 Å². The fraction of sp³-hybridized carbons (Fsp3) is 0.400. The van der Waals surface area contributed by atoms with Gasteiger partial charge in [0.25, 0.3) is 0 Å². The van der Waals surface area contributed by atoms with Gasteiger partial charge in [-0.15, -0.1) is 0 Å². The largest absolute Gasteiger partial charge is 0.497 e. The van der Waals surface area contributed by atoms with Gasteiger partial charge in [-0.25, -0.2) is 4.79 Å². The normalized spacial score (nSPS) is 14.7. The van der Waals surface area contributed by atoms with Gasteiger partial charge in [0.15, 0.2) is 0 Å². The minimum atomic E-state index is -0.205. The Bertz CT molecular complexity index is 444. The van der Waals surface area contributed by atoms with E-state index in [-0.39, 0.29) is 6.03 Å². The molecule has 1 aromatic rings. The number of hydrogen-bond acceptors (Lipinski definition) is 2. The van der Waals surface area contributed by atoms with Crippen LogP contribution in [-0.2, 0) is 0 Å². The molecule has 2 N–H and O–H groups in total. The molecule has 4 heteroatoms. The van der Waals surface area contributed by atoms with Crippen LogP contribution in [0, 0.1) is 0 Å². The molecule has 0 unspecified atom stereocenters. The van der Waals surface area contributed by atoms with E-state index in [0.29, 0.717) is 0 Å². The van der Waals surface area contributed by atoms with Crippen LogP contribution in [0.5, 0.6) is 5.75 Å². The predicted molar refractivity (Wildman–Crippen MR) is 76.3 cm³/mol. The number of hydrogen-bond donors (Lipinski definition) is 2. The van der Waals surface area contributed by atoms with Crippen LogP contribution in [0.4, 0.5) is 10.5 Å². The van der Waals surface area contributed by atoms with Crippen molar-refractivity contribution in [1.29, 1.82) is 0 Å². The number of nitrogens with one attached hydrogen (secondary N) is 2. The van der Waals surface area contributed by atoms with Crippen molar-refractivity contribution in [3.05, 3.63) is 36.0 Å². The first kappa shape index (κ1) is 13.5. The molecule has 1 saturated carbocycles. The smallest absolute Gasteiger partial charge is 0.323 e. The number of benzene rings is 1. The maximum atomic E-state index is 11.7. The molecule has 0 radical (unpaired) electrons. The molecule has 2 amide bonds. The number of carbonyl (C=O) groups excluding carboxylic acids is 1. The number of amides is 2. The summed E-state index contributed by atoms with van der Waals surface area (Å²) in [6.07, 6.45) is 7.81. The van der Waals surface area contributed by atoms with E-state index in [2.05, 4.69) is 10.6 Å². The van der Waals surface area contributed by atoms with Crippen molar-refractivity contribution in [2.75, 3.05) is 12.4 Å². The molecule has 4 nitrogen and oxygen atoms in total. The van der Waals surface area contributed by atoms with Crippen LogP contribution in [0.25, 0.3) is 0 Å². The second kappa shape index (κ2) is 6.83. The third kappa shape index (κ3) is 4.32. The van der Waals surface area contributed by atoms with Crippen LogP contribution in [-0.4, -0.2) is 13.1 Å². The fourth-order valence-corrected chi connectivity index (χ4v) is 2.16. The summed E-state index contributed by atoms with van der Waals surface area (Å²) in [5.41, 5.74) is 2.08. The van der Waals surface area contributed by atoms with Crippen LogP contribution in [0.3, 0.4) is 0 Å². The van der Waals surface area contributed by atoms with Gasteiger partial charge in [0.05, 0.1) is 7.11 Å². The Balaban J connectivity index is 1.82. The SMILES string of the molecule is COc1ccc(NC(=O)NC=C2CCCCC2)cc1. The van der Waals surface area contributed by atoms with E-state index in [1.807, 2.05) is 30.5 Å². The Hall–Kier alpha value is -1.97. The number of methoxy groups -OCH3 is 1. The van der Waals surface area contributed by atoms with Gasteiger partial charge in [-0.2, -0.15) is 0 Å². The summed E-state index contributed by atoms with van der Waals surface area (Å²) in [6.45, 7) is 0. The fourth-order valence-electron chi connectivity index (χ4n) is 2.16. The lowest BCUT2D eigenvalue weighted by Crippen LogP contribution is -2.24. The first-order chi connectivity index (χ1) is 9.28. The molecule has 102 valence electrons. The lowest BCUT2D eigenvalue weighted by Gasteiger charge is -2.13. The molecule has 2 rings (SSSR count). The van der Waals surface area contributed by atoms with Crippen molar-refractivity contribution >= 4 is 11.7 Å². The van der Waals surface area contributed by atoms with Crippen molar-refractivity contribution < 1.29 is 9.53 Å². The monoisotopic (exact) mass is 260 g/mol. The number of urea groups is 1. The zero-order chi connectivity index (χ0) is 13.5. The number of ether oxygens (including phenoxy) is 1. The molecule has 0 atom stereocenters. The minimum Gasteiger partial charge on any atom is -0.497 e. The summed E-state index contributed by atoms with van der Waals surface area (Å²) >= 11 is 0. The Kier molecular flexibility index (Phi) is 4.84. The zero-order valence-electron chi connectivity index (χ0n) is 11.2. The summed E-state index contributed by atoms with van der Waals surface area (Å²) in [7, 11) is 1.62. The summed E-state index contributed by atoms with van der Waals surface area (Å²) in [5.74, 6) is 0.773. The summed E-state index contributed by atoms with van der Waals surface area (Å²) in [4.78, 5) is 11.7. The quantitative estimate of drug-likeness (QED) is 0.871. The van der Waals surface area contributed by atoms with Crippen molar-refractivity contribution in [2.24, 2.45) is 0 Å². The molecular weight excluding hydrogens is 240 g/mol. The van der Waals surface area contributed by atoms with Crippen LogP contribution in [0.15, 0.2) is 36.0 Å². The number of carbonyl (C=O) groups is 1. The lowest BCUT2D eigenvalue weighted by atomic mass is 9.96. The zero-order valence-corrected chi connectivity index (χ0v) is 11.2. The Labute approximate surface area is 113 Å². The molecule has 1 aliphatic carbocycles. The summed E-state index contributed by atoms with van der Waals surface area (Å²) in [6, 6.07) is 7.05. The standard InChI is InChI=1S/C15H20N2O2/c1-19-14-9-7-13(8-10-14)17-15(18)16-11-12-5-3-2-4-6-12/h7-11H,2-6H2,1H3,(H2,16,17,18). The van der Waals surface area contributed by atoms with E-state index in [9.17, 15) is 4.79 Å². The second-order valence-corrected chi connectivity index (χ2v) is 4.69. The van der Waals surface area contributed by atoms with Crippen LogP contribution < -0.4 is 15.4 Å². The molecule has 0 saturated heterocycles. The third-order valence-corrected chi connectivity index (χ3v) is 3.25. The van der Waals surface area contributed by atoms with Gasteiger partial charge in [0.1, 0.15) is 5.75 Å². The van der Waals surface area contributed by atoms with E-state index in [4.69, 9.17) is 4.74 Å². The molecular formula is C15H20N2O2. The van der Waals surface area contributed by atoms with E-state index in [1.165, 1.54) is 24.8 Å². The van der Waals surface area contributed by atoms with Crippen molar-refractivity contribution in [2.45, 2.75) is 32.1 Å². The van der Waals surface area contributed by atoms with Gasteiger partial charge in [-0.1, -0.05) is 12.0 Å². The van der Waals surface area contributed by atoms with Crippen molar-refractivity contribution in [3.8, 4) is 5.75 Å². The molecule has 1 aromatic carbocycles. The van der Waals surface area contributed by atoms with Crippen LogP contribution in [0.2, 0.25) is 0 Å². The first-order valence-electron chi connectivity index (χ1n) is 6.67. The Morgan fingerprint density at radius 1 is 1.16 bits per heavy atom. The number of rotatable bonds is 3. The Morgan fingerprint density at radius 3 is 2.47 bits per heavy atom. The second-order valence-electron chi connectivity index (χ2n) is 4.69. The summed E-state index contributed by atoms with van der Waals surface area (Å²) < 4.78 is 5.06. The summed E-state index contributed by atoms with van der Waals surface area (Å²) in [5, 5.41) is 5.57. The average molecular weight is 260 g/mol. The van der Waals surface area contributed by atoms with E-state index in [0.717, 1.165) is 24.3 Å². The first-order valence-corrected chi connectivity index (χ1v) is 6.67. The average Bonchev–Trinajstić information content (AvgIpc) is 2.47.